The van der Waals surface area contributed by atoms with Crippen molar-refractivity contribution in [2.75, 3.05) is 18.4 Å². The number of benzene rings is 1. The standard InChI is InChI=1S/C17H26N2O/c1-3-10-17(11-5-12-18-13-17)16(20)19-15-8-6-14(4-2)7-9-15/h6-9,18H,3-5,10-13H2,1-2H3,(H,19,20). The molecule has 1 aliphatic rings. The van der Waals surface area contributed by atoms with E-state index in [4.69, 9.17) is 0 Å². The molecule has 2 N–H and O–H groups in total. The summed E-state index contributed by atoms with van der Waals surface area (Å²) in [5.41, 5.74) is 1.98. The third kappa shape index (κ3) is 3.40. The number of anilines is 1. The maximum absolute atomic E-state index is 12.7. The summed E-state index contributed by atoms with van der Waals surface area (Å²) in [6.45, 7) is 6.13. The number of carbonyl (C=O) groups excluding carboxylic acids is 1. The number of hydrogen-bond acceptors (Lipinski definition) is 2. The van der Waals surface area contributed by atoms with Crippen LogP contribution < -0.4 is 10.6 Å². The molecule has 0 saturated carbocycles. The van der Waals surface area contributed by atoms with Crippen LogP contribution in [-0.2, 0) is 11.2 Å². The summed E-state index contributed by atoms with van der Waals surface area (Å²) >= 11 is 0. The molecule has 2 rings (SSSR count). The van der Waals surface area contributed by atoms with Gasteiger partial charge < -0.3 is 10.6 Å². The molecule has 3 nitrogen and oxygen atoms in total. The van der Waals surface area contributed by atoms with Crippen LogP contribution in [0, 0.1) is 5.41 Å². The lowest BCUT2D eigenvalue weighted by Crippen LogP contribution is -2.48. The predicted octanol–water partition coefficient (Wildman–Crippen LogP) is 3.36. The molecule has 1 aliphatic heterocycles. The van der Waals surface area contributed by atoms with Gasteiger partial charge in [0.2, 0.25) is 5.91 Å². The number of rotatable bonds is 5. The Balaban J connectivity index is 2.07. The highest BCUT2D eigenvalue weighted by Gasteiger charge is 2.38. The Hall–Kier alpha value is -1.35. The first kappa shape index (κ1) is 15.0. The Morgan fingerprint density at radius 3 is 2.60 bits per heavy atom. The molecule has 1 heterocycles. The lowest BCUT2D eigenvalue weighted by atomic mass is 9.76. The zero-order valence-electron chi connectivity index (χ0n) is 12.7. The first-order valence-electron chi connectivity index (χ1n) is 7.81. The van der Waals surface area contributed by atoms with Gasteiger partial charge in [0.15, 0.2) is 0 Å². The average molecular weight is 274 g/mol. The van der Waals surface area contributed by atoms with Gasteiger partial charge in [-0.3, -0.25) is 4.79 Å². The van der Waals surface area contributed by atoms with Gasteiger partial charge in [0, 0.05) is 12.2 Å². The molecule has 0 aromatic heterocycles. The number of aryl methyl sites for hydroxylation is 1. The molecule has 1 saturated heterocycles. The summed E-state index contributed by atoms with van der Waals surface area (Å²) < 4.78 is 0. The second-order valence-electron chi connectivity index (χ2n) is 5.82. The van der Waals surface area contributed by atoms with E-state index in [9.17, 15) is 4.79 Å². The van der Waals surface area contributed by atoms with Gasteiger partial charge in [0.25, 0.3) is 0 Å². The minimum Gasteiger partial charge on any atom is -0.326 e. The molecule has 1 aromatic carbocycles. The highest BCUT2D eigenvalue weighted by Crippen LogP contribution is 2.33. The minimum atomic E-state index is -0.226. The van der Waals surface area contributed by atoms with Crippen molar-refractivity contribution in [3.8, 4) is 0 Å². The van der Waals surface area contributed by atoms with Crippen LogP contribution in [0.15, 0.2) is 24.3 Å². The van der Waals surface area contributed by atoms with Gasteiger partial charge in [0.1, 0.15) is 0 Å². The van der Waals surface area contributed by atoms with Gasteiger partial charge in [-0.1, -0.05) is 32.4 Å². The highest BCUT2D eigenvalue weighted by molar-refractivity contribution is 5.95. The maximum Gasteiger partial charge on any atom is 0.231 e. The van der Waals surface area contributed by atoms with Crippen molar-refractivity contribution in [2.24, 2.45) is 5.41 Å². The van der Waals surface area contributed by atoms with Crippen LogP contribution in [0.5, 0.6) is 0 Å². The van der Waals surface area contributed by atoms with Crippen molar-refractivity contribution in [3.63, 3.8) is 0 Å². The van der Waals surface area contributed by atoms with Crippen molar-refractivity contribution in [2.45, 2.75) is 46.0 Å². The van der Waals surface area contributed by atoms with Crippen LogP contribution in [0.1, 0.15) is 45.1 Å². The fourth-order valence-electron chi connectivity index (χ4n) is 3.05. The fourth-order valence-corrected chi connectivity index (χ4v) is 3.05. The maximum atomic E-state index is 12.7. The Morgan fingerprint density at radius 2 is 2.05 bits per heavy atom. The zero-order chi connectivity index (χ0) is 14.4. The molecule has 1 aromatic rings. The van der Waals surface area contributed by atoms with Crippen molar-refractivity contribution < 1.29 is 4.79 Å². The Bertz CT molecular complexity index is 427. The van der Waals surface area contributed by atoms with Crippen molar-refractivity contribution in [1.82, 2.24) is 5.32 Å². The van der Waals surface area contributed by atoms with Crippen LogP contribution in [0.3, 0.4) is 0 Å². The van der Waals surface area contributed by atoms with Crippen molar-refractivity contribution in [3.05, 3.63) is 29.8 Å². The summed E-state index contributed by atoms with van der Waals surface area (Å²) in [7, 11) is 0. The second-order valence-corrected chi connectivity index (χ2v) is 5.82. The van der Waals surface area contributed by atoms with E-state index in [-0.39, 0.29) is 11.3 Å². The second kappa shape index (κ2) is 6.89. The predicted molar refractivity (Wildman–Crippen MR) is 83.9 cm³/mol. The van der Waals surface area contributed by atoms with E-state index in [1.807, 2.05) is 12.1 Å². The molecule has 0 aliphatic carbocycles. The largest absolute Gasteiger partial charge is 0.326 e. The summed E-state index contributed by atoms with van der Waals surface area (Å²) in [6, 6.07) is 8.18. The number of amides is 1. The molecule has 1 amide bonds. The first-order chi connectivity index (χ1) is 9.70. The Morgan fingerprint density at radius 1 is 1.30 bits per heavy atom. The number of piperidine rings is 1. The number of hydrogen-bond donors (Lipinski definition) is 2. The molecule has 0 radical (unpaired) electrons. The van der Waals surface area contributed by atoms with E-state index in [1.54, 1.807) is 0 Å². The summed E-state index contributed by atoms with van der Waals surface area (Å²) in [5.74, 6) is 0.177. The van der Waals surface area contributed by atoms with Gasteiger partial charge in [-0.05, 0) is 49.9 Å². The zero-order valence-corrected chi connectivity index (χ0v) is 12.7. The lowest BCUT2D eigenvalue weighted by molar-refractivity contribution is -0.127. The quantitative estimate of drug-likeness (QED) is 0.864. The molecule has 1 atom stereocenters. The van der Waals surface area contributed by atoms with E-state index in [1.165, 1.54) is 5.56 Å². The van der Waals surface area contributed by atoms with Gasteiger partial charge in [-0.25, -0.2) is 0 Å². The van der Waals surface area contributed by atoms with Crippen LogP contribution in [0.2, 0.25) is 0 Å². The van der Waals surface area contributed by atoms with E-state index in [2.05, 4.69) is 36.6 Å². The molecule has 1 unspecified atom stereocenters. The van der Waals surface area contributed by atoms with Crippen LogP contribution >= 0.6 is 0 Å². The SMILES string of the molecule is CCCC1(C(=O)Nc2ccc(CC)cc2)CCCNC1. The smallest absolute Gasteiger partial charge is 0.231 e. The van der Waals surface area contributed by atoms with E-state index in [0.717, 1.165) is 50.9 Å². The molecule has 3 heteroatoms. The summed E-state index contributed by atoms with van der Waals surface area (Å²) in [4.78, 5) is 12.7. The van der Waals surface area contributed by atoms with Crippen LogP contribution in [0.25, 0.3) is 0 Å². The number of carbonyl (C=O) groups is 1. The highest BCUT2D eigenvalue weighted by atomic mass is 16.2. The molecule has 110 valence electrons. The summed E-state index contributed by atoms with van der Waals surface area (Å²) in [6.07, 6.45) is 5.11. The van der Waals surface area contributed by atoms with Crippen molar-refractivity contribution >= 4 is 11.6 Å². The molecule has 1 fully saturated rings. The minimum absolute atomic E-state index is 0.177. The van der Waals surface area contributed by atoms with Crippen LogP contribution in [-0.4, -0.2) is 19.0 Å². The third-order valence-electron chi connectivity index (χ3n) is 4.30. The van der Waals surface area contributed by atoms with Gasteiger partial charge in [-0.2, -0.15) is 0 Å². The molecule has 20 heavy (non-hydrogen) atoms. The van der Waals surface area contributed by atoms with Gasteiger partial charge in [0.05, 0.1) is 5.41 Å². The third-order valence-corrected chi connectivity index (χ3v) is 4.30. The van der Waals surface area contributed by atoms with Crippen molar-refractivity contribution in [1.29, 1.82) is 0 Å². The summed E-state index contributed by atoms with van der Waals surface area (Å²) in [5, 5.41) is 6.49. The Kier molecular flexibility index (Phi) is 5.18. The molecular weight excluding hydrogens is 248 g/mol. The normalized spacial score (nSPS) is 22.5. The van der Waals surface area contributed by atoms with Gasteiger partial charge >= 0.3 is 0 Å². The monoisotopic (exact) mass is 274 g/mol. The van der Waals surface area contributed by atoms with E-state index < -0.39 is 0 Å². The lowest BCUT2D eigenvalue weighted by Gasteiger charge is -2.36. The molecule has 0 bridgehead atoms. The van der Waals surface area contributed by atoms with E-state index >= 15 is 0 Å². The molecular formula is C17H26N2O. The Labute approximate surface area is 122 Å². The molecule has 0 spiro atoms. The van der Waals surface area contributed by atoms with Gasteiger partial charge in [-0.15, -0.1) is 0 Å². The van der Waals surface area contributed by atoms with Crippen LogP contribution in [0.4, 0.5) is 5.69 Å². The number of nitrogens with one attached hydrogen (secondary N) is 2. The average Bonchev–Trinajstić information content (AvgIpc) is 2.49. The first-order valence-corrected chi connectivity index (χ1v) is 7.81. The van der Waals surface area contributed by atoms with E-state index in [0.29, 0.717) is 0 Å². The topological polar surface area (TPSA) is 41.1 Å². The fraction of sp³-hybridized carbons (Fsp3) is 0.588.